The van der Waals surface area contributed by atoms with Crippen molar-refractivity contribution in [1.29, 1.82) is 0 Å². The third kappa shape index (κ3) is 21.3. The number of aliphatic carboxylic acids is 1. The number of amides is 3. The van der Waals surface area contributed by atoms with E-state index in [9.17, 15) is 48.3 Å². The van der Waals surface area contributed by atoms with E-state index in [1.54, 1.807) is 206 Å². The third-order valence-corrected chi connectivity index (χ3v) is 23.6. The maximum atomic E-state index is 14.8. The number of hydrogen-bond acceptors (Lipinski definition) is 20. The number of carbonyl (C=O) groups excluding carboxylic acids is 8. The Balaban J connectivity index is 0.647. The van der Waals surface area contributed by atoms with E-state index in [2.05, 4.69) is 0 Å². The number of hydrogen-bond donors (Lipinski definition) is 1. The molecule has 0 bridgehead atoms. The van der Waals surface area contributed by atoms with Gasteiger partial charge in [0.25, 0.3) is 0 Å². The molecule has 9 aromatic rings. The molecule has 3 aliphatic heterocycles. The van der Waals surface area contributed by atoms with Crippen LogP contribution in [0.3, 0.4) is 0 Å². The summed E-state index contributed by atoms with van der Waals surface area (Å²) in [5.41, 5.74) is 2.55. The first kappa shape index (κ1) is 85.0. The number of esters is 2. The van der Waals surface area contributed by atoms with Gasteiger partial charge in [0.15, 0.2) is 34.2 Å². The Labute approximate surface area is 694 Å². The average molecular weight is 1640 g/mol. The Kier molecular flexibility index (Phi) is 27.1. The number of ketones is 3. The van der Waals surface area contributed by atoms with Crippen molar-refractivity contribution in [2.45, 2.75) is 119 Å². The molecule has 0 unspecified atom stereocenters. The second kappa shape index (κ2) is 37.3. The summed E-state index contributed by atoms with van der Waals surface area (Å²) < 4.78 is 47.6. The van der Waals surface area contributed by atoms with Crippen molar-refractivity contribution in [2.24, 2.45) is 29.6 Å². The molecule has 21 nitrogen and oxygen atoms in total. The number of carboxylic acid groups (broad SMARTS) is 1. The molecule has 0 radical (unpaired) electrons. The lowest BCUT2D eigenvalue weighted by molar-refractivity contribution is -0.157. The highest BCUT2D eigenvalue weighted by atomic mass is 32.2. The molecule has 0 spiro atoms. The van der Waals surface area contributed by atoms with E-state index in [4.69, 9.17) is 37.9 Å². The SMILES string of the molecule is CSc1ccc(C(=O)[C@H]2CN(C(=O)Oc3ccccc3)C[C@@H]2c2cccc(OC(C)(C)C(=O)OCSc3ccc(C(=O)[C@H]4CN(C(=O)Oc5ccccc5)C[C@@H]4Cc4cc(C)c(OC(C)(C)C(=O)OCSc5ccc(C(=O)[C@@H]6CN(C(=O)Oc7ccccc7)C[C@H]6Cc6cc(C)c(OC(C)(C)C(=O)O)c(C)c6)cc5)c(C)c4)cc3)c2)cc1. The summed E-state index contributed by atoms with van der Waals surface area (Å²) in [7, 11) is 0. The number of ether oxygens (including phenoxy) is 8. The van der Waals surface area contributed by atoms with Crippen LogP contribution in [0.1, 0.15) is 117 Å². The smallest absolute Gasteiger partial charge is 0.415 e. The Morgan fingerprint density at radius 2 is 0.726 bits per heavy atom. The molecule has 117 heavy (non-hydrogen) atoms. The van der Waals surface area contributed by atoms with E-state index in [0.29, 0.717) is 64.0 Å². The molecule has 3 saturated heterocycles. The minimum Gasteiger partial charge on any atom is -0.478 e. The summed E-state index contributed by atoms with van der Waals surface area (Å²) in [5, 5.41) is 9.76. The van der Waals surface area contributed by atoms with Crippen LogP contribution in [0, 0.1) is 57.3 Å². The topological polar surface area (TPSA) is 257 Å². The van der Waals surface area contributed by atoms with Crippen LogP contribution in [-0.4, -0.2) is 148 Å². The Bertz CT molecular complexity index is 5080. The minimum atomic E-state index is -1.46. The summed E-state index contributed by atoms with van der Waals surface area (Å²) in [4.78, 5) is 131. The lowest BCUT2D eigenvalue weighted by Gasteiger charge is -2.27. The quantitative estimate of drug-likeness (QED) is 0.0190. The molecule has 24 heteroatoms. The number of likely N-dealkylation sites (tertiary alicyclic amines) is 3. The van der Waals surface area contributed by atoms with Crippen molar-refractivity contribution in [3.63, 3.8) is 0 Å². The zero-order valence-corrected chi connectivity index (χ0v) is 69.6. The fourth-order valence-electron chi connectivity index (χ4n) is 15.0. The number of benzene rings is 9. The lowest BCUT2D eigenvalue weighted by Crippen LogP contribution is -2.40. The van der Waals surface area contributed by atoms with Crippen LogP contribution in [0.2, 0.25) is 0 Å². The molecule has 3 fully saturated rings. The van der Waals surface area contributed by atoms with Crippen molar-refractivity contribution in [1.82, 2.24) is 14.7 Å². The maximum Gasteiger partial charge on any atom is 0.415 e. The van der Waals surface area contributed by atoms with Gasteiger partial charge < -0.3 is 57.7 Å². The summed E-state index contributed by atoms with van der Waals surface area (Å²) in [6, 6.07) is 62.7. The Morgan fingerprint density at radius 1 is 0.385 bits per heavy atom. The highest BCUT2D eigenvalue weighted by Crippen LogP contribution is 2.41. The number of para-hydroxylation sites is 3. The van der Waals surface area contributed by atoms with Crippen molar-refractivity contribution in [3.8, 4) is 34.5 Å². The van der Waals surface area contributed by atoms with Crippen LogP contribution in [0.5, 0.6) is 34.5 Å². The van der Waals surface area contributed by atoms with Crippen LogP contribution in [0.25, 0.3) is 0 Å². The lowest BCUT2D eigenvalue weighted by atomic mass is 9.84. The molecule has 12 rings (SSSR count). The largest absolute Gasteiger partial charge is 0.478 e. The zero-order chi connectivity index (χ0) is 83.5. The molecule has 3 heterocycles. The van der Waals surface area contributed by atoms with E-state index < -0.39 is 76.7 Å². The number of thioether (sulfide) groups is 3. The van der Waals surface area contributed by atoms with Crippen molar-refractivity contribution in [3.05, 3.63) is 268 Å². The van der Waals surface area contributed by atoms with E-state index in [-0.39, 0.29) is 80.3 Å². The van der Waals surface area contributed by atoms with Gasteiger partial charge in [-0.1, -0.05) is 151 Å². The van der Waals surface area contributed by atoms with Crippen LogP contribution in [-0.2, 0) is 36.7 Å². The highest BCUT2D eigenvalue weighted by molar-refractivity contribution is 7.99. The van der Waals surface area contributed by atoms with Gasteiger partial charge in [-0.3, -0.25) is 14.4 Å². The van der Waals surface area contributed by atoms with E-state index >= 15 is 0 Å². The number of aryl methyl sites for hydroxylation is 4. The number of rotatable bonds is 30. The molecule has 3 aliphatic rings. The Hall–Kier alpha value is -11.3. The van der Waals surface area contributed by atoms with Crippen molar-refractivity contribution >= 4 is 88.8 Å². The van der Waals surface area contributed by atoms with E-state index in [1.165, 1.54) is 37.4 Å². The van der Waals surface area contributed by atoms with Crippen LogP contribution >= 0.6 is 35.3 Å². The van der Waals surface area contributed by atoms with Gasteiger partial charge in [0.1, 0.15) is 46.4 Å². The molecular formula is C93H95N3O18S3. The molecule has 1 N–H and O–H groups in total. The second-order valence-corrected chi connectivity index (χ2v) is 34.1. The zero-order valence-electron chi connectivity index (χ0n) is 67.2. The molecular weight excluding hydrogens is 1540 g/mol. The Morgan fingerprint density at radius 3 is 1.11 bits per heavy atom. The molecule has 0 aliphatic carbocycles. The van der Waals surface area contributed by atoms with Gasteiger partial charge in [-0.2, -0.15) is 0 Å². The first-order valence-corrected chi connectivity index (χ1v) is 41.8. The molecule has 0 aromatic heterocycles. The predicted molar refractivity (Wildman–Crippen MR) is 447 cm³/mol. The minimum absolute atomic E-state index is 0.0634. The third-order valence-electron chi connectivity index (χ3n) is 21.2. The van der Waals surface area contributed by atoms with Gasteiger partial charge in [-0.15, -0.1) is 11.8 Å². The second-order valence-electron chi connectivity index (χ2n) is 31.2. The van der Waals surface area contributed by atoms with Crippen LogP contribution in [0.15, 0.2) is 227 Å². The van der Waals surface area contributed by atoms with Crippen molar-refractivity contribution in [2.75, 3.05) is 57.4 Å². The van der Waals surface area contributed by atoms with E-state index in [1.807, 2.05) is 94.6 Å². The summed E-state index contributed by atoms with van der Waals surface area (Å²) in [5.74, 6) is -3.32. The van der Waals surface area contributed by atoms with Crippen molar-refractivity contribution < 1.29 is 86.2 Å². The molecule has 608 valence electrons. The fourth-order valence-corrected chi connectivity index (χ4v) is 16.7. The van der Waals surface area contributed by atoms with Gasteiger partial charge in [0.05, 0.1) is 0 Å². The average Bonchev–Trinajstić information content (AvgIpc) is 1.73. The summed E-state index contributed by atoms with van der Waals surface area (Å²) in [6.45, 7) is 18.0. The van der Waals surface area contributed by atoms with Gasteiger partial charge in [-0.25, -0.2) is 28.8 Å². The normalized spacial score (nSPS) is 17.3. The first-order chi connectivity index (χ1) is 55.9. The monoisotopic (exact) mass is 1640 g/mol. The molecule has 0 saturated carbocycles. The number of nitrogens with zero attached hydrogens (tertiary/aromatic N) is 3. The molecule has 6 atom stereocenters. The standard InChI is InChI=1S/C93H95N3O18S3/c1-57-42-61(43-58(2)83(57)113-91(5,6)85(100)101)46-67-49-94(88(104)109-69-23-15-12-16-24-69)52-77(67)80(97)64-34-40-75(41-35-64)117-56-108-87(103)93(9,10)114-84-59(3)44-62(45-60(84)4)47-68-50-95(89(105)110-70-25-17-13-18-26-70)53-78(68)81(98)63-32-38-74(39-33-63)116-55-107-86(102)92(7,8)112-72-29-21-22-66(48-72)76-51-96(90(106)111-71-27-19-14-20-28-71)54-79(76)82(99)65-30-36-73(115-11)37-31-65/h12-45,48,67-68,76-79H,46-47,49-56H2,1-11H3,(H,100,101)/t67-,68+,76-,77-,78+,79+/m1/s1. The van der Waals surface area contributed by atoms with Crippen LogP contribution < -0.4 is 28.4 Å². The number of Topliss-reactive ketones (excluding diaryl/α,β-unsaturated/α-hetero) is 3. The summed E-state index contributed by atoms with van der Waals surface area (Å²) >= 11 is 4.09. The molecule has 9 aromatic carbocycles. The van der Waals surface area contributed by atoms with E-state index in [0.717, 1.165) is 53.6 Å². The fraction of sp³-hybridized carbons (Fsp3) is 0.323. The van der Waals surface area contributed by atoms with Gasteiger partial charge >= 0.3 is 36.2 Å². The van der Waals surface area contributed by atoms with Crippen LogP contribution in [0.4, 0.5) is 14.4 Å². The predicted octanol–water partition coefficient (Wildman–Crippen LogP) is 18.2. The number of carboxylic acids is 1. The highest BCUT2D eigenvalue weighted by Gasteiger charge is 2.45. The summed E-state index contributed by atoms with van der Waals surface area (Å²) in [6.07, 6.45) is 1.10. The molecule has 3 amide bonds. The van der Waals surface area contributed by atoms with Gasteiger partial charge in [0.2, 0.25) is 0 Å². The van der Waals surface area contributed by atoms with Gasteiger partial charge in [-0.05, 0) is 224 Å². The number of carbonyl (C=O) groups is 9. The van der Waals surface area contributed by atoms with Gasteiger partial charge in [0, 0.05) is 94.3 Å². The first-order valence-electron chi connectivity index (χ1n) is 38.6. The maximum absolute atomic E-state index is 14.8.